The zero-order chi connectivity index (χ0) is 14.7. The van der Waals surface area contributed by atoms with Crippen molar-refractivity contribution in [1.82, 2.24) is 9.97 Å². The summed E-state index contributed by atoms with van der Waals surface area (Å²) in [4.78, 5) is 20.0. The molecule has 0 amide bonds. The number of nitrogens with one attached hydrogen (secondary N) is 1. The Labute approximate surface area is 124 Å². The minimum absolute atomic E-state index is 0.00474. The van der Waals surface area contributed by atoms with Crippen LogP contribution < -0.4 is 5.56 Å². The SMILES string of the molecule is COC(c1ccccc1)c1nc2c(c(=O)[nH]1)CCCCC2. The van der Waals surface area contributed by atoms with Crippen molar-refractivity contribution in [3.8, 4) is 0 Å². The lowest BCUT2D eigenvalue weighted by Crippen LogP contribution is -2.22. The first kappa shape index (κ1) is 14.0. The third-order valence-electron chi connectivity index (χ3n) is 4.05. The number of rotatable bonds is 3. The number of hydrogen-bond donors (Lipinski definition) is 1. The molecule has 0 fully saturated rings. The molecule has 1 aliphatic carbocycles. The molecule has 3 rings (SSSR count). The van der Waals surface area contributed by atoms with Gasteiger partial charge in [-0.25, -0.2) is 4.98 Å². The third kappa shape index (κ3) is 2.90. The highest BCUT2D eigenvalue weighted by atomic mass is 16.5. The molecule has 1 heterocycles. The van der Waals surface area contributed by atoms with Gasteiger partial charge in [-0.2, -0.15) is 0 Å². The van der Waals surface area contributed by atoms with Crippen molar-refractivity contribution in [3.63, 3.8) is 0 Å². The number of aromatic nitrogens is 2. The van der Waals surface area contributed by atoms with Gasteiger partial charge in [0.05, 0.1) is 5.69 Å². The van der Waals surface area contributed by atoms with Crippen LogP contribution in [0.1, 0.15) is 48.0 Å². The Morgan fingerprint density at radius 1 is 1.14 bits per heavy atom. The number of benzene rings is 1. The number of methoxy groups -OCH3 is 1. The van der Waals surface area contributed by atoms with Gasteiger partial charge < -0.3 is 9.72 Å². The van der Waals surface area contributed by atoms with Gasteiger partial charge in [-0.3, -0.25) is 4.79 Å². The van der Waals surface area contributed by atoms with Gasteiger partial charge >= 0.3 is 0 Å². The van der Waals surface area contributed by atoms with E-state index in [0.717, 1.165) is 48.9 Å². The monoisotopic (exact) mass is 284 g/mol. The van der Waals surface area contributed by atoms with E-state index in [4.69, 9.17) is 9.72 Å². The maximum atomic E-state index is 12.3. The zero-order valence-corrected chi connectivity index (χ0v) is 12.3. The fourth-order valence-electron chi connectivity index (χ4n) is 2.96. The maximum absolute atomic E-state index is 12.3. The molecule has 1 aliphatic rings. The summed E-state index contributed by atoms with van der Waals surface area (Å²) in [5.41, 5.74) is 2.80. The lowest BCUT2D eigenvalue weighted by atomic mass is 10.1. The molecule has 110 valence electrons. The first-order chi connectivity index (χ1) is 10.3. The quantitative estimate of drug-likeness (QED) is 0.882. The van der Waals surface area contributed by atoms with E-state index in [-0.39, 0.29) is 11.7 Å². The van der Waals surface area contributed by atoms with Crippen molar-refractivity contribution < 1.29 is 4.74 Å². The number of nitrogens with zero attached hydrogens (tertiary/aromatic N) is 1. The highest BCUT2D eigenvalue weighted by molar-refractivity contribution is 5.26. The summed E-state index contributed by atoms with van der Waals surface area (Å²) in [6.45, 7) is 0. The largest absolute Gasteiger partial charge is 0.369 e. The summed E-state index contributed by atoms with van der Waals surface area (Å²) >= 11 is 0. The average Bonchev–Trinajstić information content (AvgIpc) is 2.75. The van der Waals surface area contributed by atoms with Gasteiger partial charge in [-0.05, 0) is 31.2 Å². The van der Waals surface area contributed by atoms with Gasteiger partial charge in [0.2, 0.25) is 0 Å². The van der Waals surface area contributed by atoms with Crippen LogP contribution in [0.4, 0.5) is 0 Å². The molecule has 0 radical (unpaired) electrons. The molecule has 1 aromatic heterocycles. The van der Waals surface area contributed by atoms with Crippen LogP contribution in [-0.4, -0.2) is 17.1 Å². The van der Waals surface area contributed by atoms with Gasteiger partial charge in [0.15, 0.2) is 0 Å². The van der Waals surface area contributed by atoms with Gasteiger partial charge in [0.1, 0.15) is 11.9 Å². The second kappa shape index (κ2) is 6.22. The molecule has 1 aromatic carbocycles. The molecule has 1 N–H and O–H groups in total. The first-order valence-electron chi connectivity index (χ1n) is 7.49. The molecule has 0 spiro atoms. The number of aromatic amines is 1. The highest BCUT2D eigenvalue weighted by Gasteiger charge is 2.20. The van der Waals surface area contributed by atoms with E-state index in [1.165, 1.54) is 0 Å². The molecule has 2 aromatic rings. The summed E-state index contributed by atoms with van der Waals surface area (Å²) < 4.78 is 5.57. The van der Waals surface area contributed by atoms with E-state index in [1.807, 2.05) is 30.3 Å². The average molecular weight is 284 g/mol. The lowest BCUT2D eigenvalue weighted by Gasteiger charge is -2.16. The molecule has 21 heavy (non-hydrogen) atoms. The van der Waals surface area contributed by atoms with Crippen LogP contribution in [0.5, 0.6) is 0 Å². The minimum Gasteiger partial charge on any atom is -0.369 e. The van der Waals surface area contributed by atoms with Gasteiger partial charge in [0, 0.05) is 12.7 Å². The number of ether oxygens (including phenoxy) is 1. The molecule has 4 nitrogen and oxygen atoms in total. The number of aryl methyl sites for hydroxylation is 1. The number of H-pyrrole nitrogens is 1. The summed E-state index contributed by atoms with van der Waals surface area (Å²) in [7, 11) is 1.64. The highest BCUT2D eigenvalue weighted by Crippen LogP contribution is 2.23. The normalized spacial score (nSPS) is 16.0. The molecule has 0 saturated carbocycles. The van der Waals surface area contributed by atoms with Crippen LogP contribution in [0.3, 0.4) is 0 Å². The fourth-order valence-corrected chi connectivity index (χ4v) is 2.96. The Morgan fingerprint density at radius 3 is 2.67 bits per heavy atom. The van der Waals surface area contributed by atoms with E-state index in [2.05, 4.69) is 4.98 Å². The van der Waals surface area contributed by atoms with Gasteiger partial charge in [-0.1, -0.05) is 36.8 Å². The van der Waals surface area contributed by atoms with Crippen molar-refractivity contribution in [3.05, 3.63) is 63.3 Å². The van der Waals surface area contributed by atoms with Crippen molar-refractivity contribution >= 4 is 0 Å². The Balaban J connectivity index is 2.04. The summed E-state index contributed by atoms with van der Waals surface area (Å²) in [6.07, 6.45) is 4.73. The predicted molar refractivity (Wildman–Crippen MR) is 81.4 cm³/mol. The maximum Gasteiger partial charge on any atom is 0.254 e. The molecule has 0 saturated heterocycles. The second-order valence-corrected chi connectivity index (χ2v) is 5.46. The molecule has 4 heteroatoms. The lowest BCUT2D eigenvalue weighted by molar-refractivity contribution is 0.128. The second-order valence-electron chi connectivity index (χ2n) is 5.46. The van der Waals surface area contributed by atoms with Crippen molar-refractivity contribution in [2.75, 3.05) is 7.11 Å². The molecule has 0 bridgehead atoms. The van der Waals surface area contributed by atoms with Gasteiger partial charge in [0.25, 0.3) is 5.56 Å². The predicted octanol–water partition coefficient (Wildman–Crippen LogP) is 2.77. The van der Waals surface area contributed by atoms with Crippen molar-refractivity contribution in [1.29, 1.82) is 0 Å². The van der Waals surface area contributed by atoms with Crippen LogP contribution in [0.25, 0.3) is 0 Å². The van der Waals surface area contributed by atoms with E-state index in [0.29, 0.717) is 5.82 Å². The Morgan fingerprint density at radius 2 is 1.90 bits per heavy atom. The topological polar surface area (TPSA) is 55.0 Å². The van der Waals surface area contributed by atoms with Crippen LogP contribution in [0, 0.1) is 0 Å². The Kier molecular flexibility index (Phi) is 4.15. The Hall–Kier alpha value is -1.94. The summed E-state index contributed by atoms with van der Waals surface area (Å²) in [6, 6.07) is 9.86. The van der Waals surface area contributed by atoms with E-state index >= 15 is 0 Å². The van der Waals surface area contributed by atoms with Gasteiger partial charge in [-0.15, -0.1) is 0 Å². The Bertz CT molecular complexity index is 664. The number of fused-ring (bicyclic) bond motifs is 1. The standard InChI is InChI=1S/C17H20N2O2/c1-21-15(12-8-4-2-5-9-12)16-18-14-11-7-3-6-10-13(14)17(20)19-16/h2,4-5,8-9,15H,3,6-7,10-11H2,1H3,(H,18,19,20). The summed E-state index contributed by atoms with van der Waals surface area (Å²) in [5.74, 6) is 0.606. The molecule has 1 atom stereocenters. The fraction of sp³-hybridized carbons (Fsp3) is 0.412. The summed E-state index contributed by atoms with van der Waals surface area (Å²) in [5, 5.41) is 0. The van der Waals surface area contributed by atoms with Crippen LogP contribution in [-0.2, 0) is 17.6 Å². The van der Waals surface area contributed by atoms with Crippen LogP contribution in [0.15, 0.2) is 35.1 Å². The molecular formula is C17H20N2O2. The minimum atomic E-state index is -0.326. The number of hydrogen-bond acceptors (Lipinski definition) is 3. The van der Waals surface area contributed by atoms with E-state index < -0.39 is 0 Å². The molecule has 0 aliphatic heterocycles. The smallest absolute Gasteiger partial charge is 0.254 e. The first-order valence-corrected chi connectivity index (χ1v) is 7.49. The van der Waals surface area contributed by atoms with Crippen molar-refractivity contribution in [2.24, 2.45) is 0 Å². The third-order valence-corrected chi connectivity index (χ3v) is 4.05. The van der Waals surface area contributed by atoms with Crippen LogP contribution in [0.2, 0.25) is 0 Å². The van der Waals surface area contributed by atoms with Crippen molar-refractivity contribution in [2.45, 2.75) is 38.2 Å². The van der Waals surface area contributed by atoms with E-state index in [1.54, 1.807) is 7.11 Å². The molecular weight excluding hydrogens is 264 g/mol. The van der Waals surface area contributed by atoms with Crippen LogP contribution >= 0.6 is 0 Å². The zero-order valence-electron chi connectivity index (χ0n) is 12.3. The van der Waals surface area contributed by atoms with E-state index in [9.17, 15) is 4.79 Å². The molecule has 1 unspecified atom stereocenters.